The van der Waals surface area contributed by atoms with Gasteiger partial charge >= 0.3 is 0 Å². The minimum atomic E-state index is -0.164. The Balaban J connectivity index is 0.00000312. The third-order valence-electron chi connectivity index (χ3n) is 4.42. The summed E-state index contributed by atoms with van der Waals surface area (Å²) < 4.78 is 11.7. The van der Waals surface area contributed by atoms with E-state index < -0.39 is 0 Å². The summed E-state index contributed by atoms with van der Waals surface area (Å²) in [7, 11) is 0. The molecule has 1 aromatic carbocycles. The standard InChI is InChI=1S/C19H30N2O3.ClH/c1-3-12-23-15-8-10-16(11-9-15)24-18-7-5-4-6-17(18)21-19(22)14(2)13-20;/h8-11,14,17-18H,3-7,12-13,20H2,1-2H3,(H,21,22);1H. The average Bonchev–Trinajstić information content (AvgIpc) is 2.62. The van der Waals surface area contributed by atoms with Gasteiger partial charge in [-0.15, -0.1) is 12.4 Å². The van der Waals surface area contributed by atoms with Crippen molar-refractivity contribution in [2.45, 2.75) is 58.1 Å². The fraction of sp³-hybridized carbons (Fsp3) is 0.632. The minimum Gasteiger partial charge on any atom is -0.494 e. The SMILES string of the molecule is CCCOc1ccc(OC2CCCCC2NC(=O)C(C)CN)cc1.Cl. The van der Waals surface area contributed by atoms with Crippen LogP contribution in [0.5, 0.6) is 11.5 Å². The molecule has 1 aliphatic rings. The Morgan fingerprint density at radius 2 is 1.88 bits per heavy atom. The maximum absolute atomic E-state index is 12.1. The Bertz CT molecular complexity index is 510. The Morgan fingerprint density at radius 1 is 1.24 bits per heavy atom. The minimum absolute atomic E-state index is 0. The number of hydrogen-bond acceptors (Lipinski definition) is 4. The van der Waals surface area contributed by atoms with Gasteiger partial charge in [0.1, 0.15) is 17.6 Å². The van der Waals surface area contributed by atoms with E-state index in [-0.39, 0.29) is 36.4 Å². The van der Waals surface area contributed by atoms with Gasteiger partial charge in [0.15, 0.2) is 0 Å². The van der Waals surface area contributed by atoms with Gasteiger partial charge in [-0.3, -0.25) is 4.79 Å². The quantitative estimate of drug-likeness (QED) is 0.736. The summed E-state index contributed by atoms with van der Waals surface area (Å²) in [5, 5.41) is 3.11. The van der Waals surface area contributed by atoms with Crippen molar-refractivity contribution >= 4 is 18.3 Å². The molecule has 25 heavy (non-hydrogen) atoms. The molecule has 0 saturated heterocycles. The van der Waals surface area contributed by atoms with Crippen molar-refractivity contribution in [2.75, 3.05) is 13.2 Å². The molecule has 3 unspecified atom stereocenters. The van der Waals surface area contributed by atoms with Crippen molar-refractivity contribution < 1.29 is 14.3 Å². The number of benzene rings is 1. The number of ether oxygens (including phenoxy) is 2. The van der Waals surface area contributed by atoms with Gasteiger partial charge in [-0.25, -0.2) is 0 Å². The number of hydrogen-bond donors (Lipinski definition) is 2. The van der Waals surface area contributed by atoms with Crippen molar-refractivity contribution in [3.63, 3.8) is 0 Å². The summed E-state index contributed by atoms with van der Waals surface area (Å²) in [6.07, 6.45) is 5.15. The van der Waals surface area contributed by atoms with Gasteiger partial charge in [-0.1, -0.05) is 20.3 Å². The van der Waals surface area contributed by atoms with Crippen molar-refractivity contribution in [3.8, 4) is 11.5 Å². The Hall–Kier alpha value is -1.46. The molecule has 6 heteroatoms. The van der Waals surface area contributed by atoms with Crippen LogP contribution in [0.3, 0.4) is 0 Å². The first-order chi connectivity index (χ1) is 11.6. The monoisotopic (exact) mass is 370 g/mol. The zero-order valence-electron chi connectivity index (χ0n) is 15.2. The smallest absolute Gasteiger partial charge is 0.224 e. The van der Waals surface area contributed by atoms with Gasteiger partial charge in [0.05, 0.1) is 12.6 Å². The van der Waals surface area contributed by atoms with Gasteiger partial charge in [0.25, 0.3) is 0 Å². The fourth-order valence-corrected chi connectivity index (χ4v) is 2.84. The zero-order chi connectivity index (χ0) is 17.4. The highest BCUT2D eigenvalue weighted by molar-refractivity contribution is 5.85. The maximum atomic E-state index is 12.1. The highest BCUT2D eigenvalue weighted by atomic mass is 35.5. The molecule has 0 radical (unpaired) electrons. The molecule has 1 amide bonds. The topological polar surface area (TPSA) is 73.6 Å². The normalized spacial score (nSPS) is 20.9. The van der Waals surface area contributed by atoms with E-state index in [1.807, 2.05) is 31.2 Å². The zero-order valence-corrected chi connectivity index (χ0v) is 16.0. The average molecular weight is 371 g/mol. The fourth-order valence-electron chi connectivity index (χ4n) is 2.84. The largest absolute Gasteiger partial charge is 0.494 e. The summed E-state index contributed by atoms with van der Waals surface area (Å²) in [6.45, 7) is 5.02. The summed E-state index contributed by atoms with van der Waals surface area (Å²) in [4.78, 5) is 12.1. The van der Waals surface area contributed by atoms with Crippen molar-refractivity contribution in [1.82, 2.24) is 5.32 Å². The second-order valence-corrected chi connectivity index (χ2v) is 6.51. The van der Waals surface area contributed by atoms with Crippen molar-refractivity contribution in [1.29, 1.82) is 0 Å². The predicted molar refractivity (Wildman–Crippen MR) is 103 cm³/mol. The van der Waals surface area contributed by atoms with E-state index in [1.54, 1.807) is 0 Å². The Labute approximate surface area is 157 Å². The summed E-state index contributed by atoms with van der Waals surface area (Å²) in [6, 6.07) is 7.77. The highest BCUT2D eigenvalue weighted by Crippen LogP contribution is 2.25. The summed E-state index contributed by atoms with van der Waals surface area (Å²) in [5.74, 6) is 1.52. The number of rotatable bonds is 8. The summed E-state index contributed by atoms with van der Waals surface area (Å²) >= 11 is 0. The van der Waals surface area contributed by atoms with E-state index in [0.717, 1.165) is 50.2 Å². The van der Waals surface area contributed by atoms with Crippen molar-refractivity contribution in [2.24, 2.45) is 11.7 Å². The third-order valence-corrected chi connectivity index (χ3v) is 4.42. The molecule has 0 aromatic heterocycles. The van der Waals surface area contributed by atoms with E-state index in [2.05, 4.69) is 12.2 Å². The first kappa shape index (κ1) is 21.6. The van der Waals surface area contributed by atoms with E-state index in [0.29, 0.717) is 6.54 Å². The number of nitrogens with two attached hydrogens (primary N) is 1. The summed E-state index contributed by atoms with van der Waals surface area (Å²) in [5.41, 5.74) is 5.58. The molecule has 0 bridgehead atoms. The van der Waals surface area contributed by atoms with Crippen LogP contribution in [0.4, 0.5) is 0 Å². The molecular formula is C19H31ClN2O3. The van der Waals surface area contributed by atoms with E-state index in [9.17, 15) is 4.79 Å². The van der Waals surface area contributed by atoms with Crippen LogP contribution in [0.1, 0.15) is 46.0 Å². The highest BCUT2D eigenvalue weighted by Gasteiger charge is 2.29. The lowest BCUT2D eigenvalue weighted by Gasteiger charge is -2.33. The predicted octanol–water partition coefficient (Wildman–Crippen LogP) is 3.30. The van der Waals surface area contributed by atoms with Crippen LogP contribution in [0.15, 0.2) is 24.3 Å². The van der Waals surface area contributed by atoms with E-state index in [1.165, 1.54) is 0 Å². The Morgan fingerprint density at radius 3 is 2.52 bits per heavy atom. The van der Waals surface area contributed by atoms with Crippen LogP contribution in [0.2, 0.25) is 0 Å². The lowest BCUT2D eigenvalue weighted by Crippen LogP contribution is -2.49. The third kappa shape index (κ3) is 6.75. The molecule has 5 nitrogen and oxygen atoms in total. The number of halogens is 1. The lowest BCUT2D eigenvalue weighted by atomic mass is 9.92. The molecule has 0 heterocycles. The van der Waals surface area contributed by atoms with Crippen LogP contribution >= 0.6 is 12.4 Å². The molecule has 1 aliphatic carbocycles. The second-order valence-electron chi connectivity index (χ2n) is 6.51. The molecule has 2 rings (SSSR count). The second kappa shape index (κ2) is 11.2. The molecular weight excluding hydrogens is 340 g/mol. The maximum Gasteiger partial charge on any atom is 0.224 e. The molecule has 1 aromatic rings. The molecule has 0 spiro atoms. The van der Waals surface area contributed by atoms with Crippen LogP contribution in [-0.4, -0.2) is 31.2 Å². The van der Waals surface area contributed by atoms with Crippen molar-refractivity contribution in [3.05, 3.63) is 24.3 Å². The lowest BCUT2D eigenvalue weighted by molar-refractivity contribution is -0.126. The van der Waals surface area contributed by atoms with Crippen LogP contribution in [-0.2, 0) is 4.79 Å². The first-order valence-corrected chi connectivity index (χ1v) is 9.04. The first-order valence-electron chi connectivity index (χ1n) is 9.04. The number of carbonyl (C=O) groups is 1. The van der Waals surface area contributed by atoms with Gasteiger partial charge < -0.3 is 20.5 Å². The van der Waals surface area contributed by atoms with Crippen LogP contribution in [0.25, 0.3) is 0 Å². The van der Waals surface area contributed by atoms with E-state index in [4.69, 9.17) is 15.2 Å². The number of amides is 1. The molecule has 0 aliphatic heterocycles. The van der Waals surface area contributed by atoms with Gasteiger partial charge in [-0.2, -0.15) is 0 Å². The Kier molecular flexibility index (Phi) is 9.68. The molecule has 1 saturated carbocycles. The molecule has 3 atom stereocenters. The van der Waals surface area contributed by atoms with Gasteiger partial charge in [0.2, 0.25) is 5.91 Å². The molecule has 3 N–H and O–H groups in total. The van der Waals surface area contributed by atoms with Gasteiger partial charge in [-0.05, 0) is 49.9 Å². The van der Waals surface area contributed by atoms with E-state index >= 15 is 0 Å². The number of nitrogens with one attached hydrogen (secondary N) is 1. The van der Waals surface area contributed by atoms with Crippen LogP contribution < -0.4 is 20.5 Å². The molecule has 1 fully saturated rings. The number of carbonyl (C=O) groups excluding carboxylic acids is 1. The van der Waals surface area contributed by atoms with Gasteiger partial charge in [0, 0.05) is 12.5 Å². The molecule has 142 valence electrons. The van der Waals surface area contributed by atoms with Crippen LogP contribution in [0, 0.1) is 5.92 Å².